The minimum Gasteiger partial charge on any atom is -0.496 e. The van der Waals surface area contributed by atoms with Crippen LogP contribution in [0.5, 0.6) is 5.75 Å². The Bertz CT molecular complexity index is 992. The van der Waals surface area contributed by atoms with E-state index in [1.54, 1.807) is 6.07 Å². The van der Waals surface area contributed by atoms with E-state index in [0.29, 0.717) is 0 Å². The van der Waals surface area contributed by atoms with Crippen LogP contribution in [0.15, 0.2) is 47.4 Å². The number of alkyl halides is 3. The third kappa shape index (κ3) is 7.23. The van der Waals surface area contributed by atoms with Gasteiger partial charge in [-0.25, -0.2) is 4.72 Å². The fraction of sp³-hybridized carbons (Fsp3) is 0.188. The molecule has 0 saturated carbocycles. The number of halogens is 3. The van der Waals surface area contributed by atoms with Crippen molar-refractivity contribution in [3.63, 3.8) is 0 Å². The number of thiocarbonyl (C=S) groups is 1. The van der Waals surface area contributed by atoms with Crippen molar-refractivity contribution >= 4 is 81.1 Å². The molecule has 0 saturated heterocycles. The fourth-order valence-corrected chi connectivity index (χ4v) is 3.80. The second-order valence-electron chi connectivity index (χ2n) is 5.66. The van der Waals surface area contributed by atoms with Crippen LogP contribution in [0.2, 0.25) is 0 Å². The molecule has 0 aliphatic heterocycles. The summed E-state index contributed by atoms with van der Waals surface area (Å²) >= 11 is 24.0. The molecule has 0 bridgehead atoms. The number of hydrogen-bond donors (Lipinski definition) is 3. The molecule has 10 nitrogen and oxygen atoms in total. The number of nitrogens with zero attached hydrogens (tertiary/aromatic N) is 2. The highest BCUT2D eigenvalue weighted by atomic mass is 35.6. The number of rotatable bonds is 8. The summed E-state index contributed by atoms with van der Waals surface area (Å²) in [5.41, 5.74) is -0.341. The van der Waals surface area contributed by atoms with Crippen molar-refractivity contribution in [3.05, 3.63) is 62.7 Å². The molecule has 3 N–H and O–H groups in total. The Kier molecular flexibility index (Phi) is 8.91. The van der Waals surface area contributed by atoms with Crippen LogP contribution in [-0.4, -0.2) is 32.0 Å². The molecule has 0 radical (unpaired) electrons. The van der Waals surface area contributed by atoms with Gasteiger partial charge in [0.15, 0.2) is 5.11 Å². The van der Waals surface area contributed by atoms with Crippen LogP contribution in [0.25, 0.3) is 0 Å². The van der Waals surface area contributed by atoms with Gasteiger partial charge in [-0.05, 0) is 42.4 Å². The fourth-order valence-electron chi connectivity index (χ4n) is 2.18. The second kappa shape index (κ2) is 11.0. The minimum atomic E-state index is -1.94. The zero-order chi connectivity index (χ0) is 23.2. The molecular weight excluding hydrogens is 513 g/mol. The molecule has 15 heteroatoms. The zero-order valence-electron chi connectivity index (χ0n) is 15.5. The lowest BCUT2D eigenvalue weighted by molar-refractivity contribution is -0.387. The Labute approximate surface area is 201 Å². The summed E-state index contributed by atoms with van der Waals surface area (Å²) in [6, 6.07) is 10.1. The lowest BCUT2D eigenvalue weighted by Crippen LogP contribution is -2.52. The third-order valence-corrected chi connectivity index (χ3v) is 5.39. The molecular formula is C16H14Cl3N5O5S2. The van der Waals surface area contributed by atoms with Crippen molar-refractivity contribution in [2.45, 2.75) is 14.9 Å². The molecule has 0 aliphatic rings. The highest BCUT2D eigenvalue weighted by molar-refractivity contribution is 7.97. The molecule has 0 fully saturated rings. The van der Waals surface area contributed by atoms with Gasteiger partial charge in [0, 0.05) is 6.07 Å². The summed E-state index contributed by atoms with van der Waals surface area (Å²) in [5.74, 6) is 0.290. The SMILES string of the molecule is COc1ccc(NC(=S)NC(NSc2ccccc2[N+](=O)[O-])C(Cl)(Cl)Cl)c([N+](=O)[O-])c1. The molecule has 0 aliphatic carbocycles. The number of methoxy groups -OCH3 is 1. The number of nitro groups is 2. The van der Waals surface area contributed by atoms with E-state index in [1.165, 1.54) is 43.5 Å². The summed E-state index contributed by atoms with van der Waals surface area (Å²) in [4.78, 5) is 21.6. The lowest BCUT2D eigenvalue weighted by atomic mass is 10.2. The van der Waals surface area contributed by atoms with Crippen molar-refractivity contribution < 1.29 is 14.6 Å². The van der Waals surface area contributed by atoms with Gasteiger partial charge in [0.25, 0.3) is 11.4 Å². The molecule has 31 heavy (non-hydrogen) atoms. The summed E-state index contributed by atoms with van der Waals surface area (Å²) in [6.45, 7) is 0. The van der Waals surface area contributed by atoms with E-state index in [1.807, 2.05) is 0 Å². The predicted octanol–water partition coefficient (Wildman–Crippen LogP) is 4.79. The van der Waals surface area contributed by atoms with Crippen molar-refractivity contribution in [2.24, 2.45) is 0 Å². The van der Waals surface area contributed by atoms with E-state index in [-0.39, 0.29) is 32.8 Å². The predicted molar refractivity (Wildman–Crippen MR) is 125 cm³/mol. The van der Waals surface area contributed by atoms with Gasteiger partial charge in [0.1, 0.15) is 22.5 Å². The molecule has 2 aromatic carbocycles. The largest absolute Gasteiger partial charge is 0.496 e. The van der Waals surface area contributed by atoms with Gasteiger partial charge in [0.05, 0.1) is 23.0 Å². The second-order valence-corrected chi connectivity index (χ2v) is 9.31. The molecule has 1 unspecified atom stereocenters. The maximum Gasteiger partial charge on any atom is 0.296 e. The van der Waals surface area contributed by atoms with Crippen LogP contribution >= 0.6 is 59.0 Å². The molecule has 0 heterocycles. The lowest BCUT2D eigenvalue weighted by Gasteiger charge is -2.27. The zero-order valence-corrected chi connectivity index (χ0v) is 19.4. The average Bonchev–Trinajstić information content (AvgIpc) is 2.70. The van der Waals surface area contributed by atoms with E-state index in [0.717, 1.165) is 11.9 Å². The van der Waals surface area contributed by atoms with Gasteiger partial charge < -0.3 is 15.4 Å². The first-order chi connectivity index (χ1) is 14.5. The van der Waals surface area contributed by atoms with Crippen LogP contribution in [0.1, 0.15) is 0 Å². The van der Waals surface area contributed by atoms with Crippen molar-refractivity contribution in [2.75, 3.05) is 12.4 Å². The van der Waals surface area contributed by atoms with E-state index in [4.69, 9.17) is 51.8 Å². The Balaban J connectivity index is 2.14. The first kappa shape index (κ1) is 25.2. The van der Waals surface area contributed by atoms with Gasteiger partial charge in [0.2, 0.25) is 3.79 Å². The van der Waals surface area contributed by atoms with Gasteiger partial charge in [-0.2, -0.15) is 0 Å². The van der Waals surface area contributed by atoms with Crippen LogP contribution < -0.4 is 20.1 Å². The monoisotopic (exact) mass is 525 g/mol. The number of nitro benzene ring substituents is 2. The third-order valence-electron chi connectivity index (χ3n) is 3.60. The van der Waals surface area contributed by atoms with Crippen LogP contribution in [-0.2, 0) is 0 Å². The van der Waals surface area contributed by atoms with E-state index in [2.05, 4.69) is 15.4 Å². The van der Waals surface area contributed by atoms with E-state index < -0.39 is 19.8 Å². The number of ether oxygens (including phenoxy) is 1. The van der Waals surface area contributed by atoms with Crippen LogP contribution in [0.3, 0.4) is 0 Å². The highest BCUT2D eigenvalue weighted by Gasteiger charge is 2.34. The first-order valence-electron chi connectivity index (χ1n) is 8.15. The molecule has 2 rings (SSSR count). The van der Waals surface area contributed by atoms with Crippen LogP contribution in [0, 0.1) is 20.2 Å². The maximum absolute atomic E-state index is 11.3. The molecule has 1 atom stereocenters. The van der Waals surface area contributed by atoms with Crippen LogP contribution in [0.4, 0.5) is 17.1 Å². The molecule has 2 aromatic rings. The normalized spacial score (nSPS) is 12.0. The summed E-state index contributed by atoms with van der Waals surface area (Å²) in [5, 5.41) is 27.7. The number of anilines is 1. The van der Waals surface area contributed by atoms with Crippen molar-refractivity contribution in [3.8, 4) is 5.75 Å². The number of para-hydroxylation sites is 1. The number of benzene rings is 2. The van der Waals surface area contributed by atoms with E-state index in [9.17, 15) is 20.2 Å². The molecule has 0 aromatic heterocycles. The highest BCUT2D eigenvalue weighted by Crippen LogP contribution is 2.33. The Hall–Kier alpha value is -2.09. The van der Waals surface area contributed by atoms with Crippen molar-refractivity contribution in [1.29, 1.82) is 0 Å². The topological polar surface area (TPSA) is 132 Å². The molecule has 0 spiro atoms. The van der Waals surface area contributed by atoms with Gasteiger partial charge in [-0.1, -0.05) is 46.9 Å². The summed E-state index contributed by atoms with van der Waals surface area (Å²) < 4.78 is 5.81. The smallest absolute Gasteiger partial charge is 0.296 e. The maximum atomic E-state index is 11.3. The Morgan fingerprint density at radius 1 is 1.13 bits per heavy atom. The number of nitrogens with one attached hydrogen (secondary N) is 3. The average molecular weight is 527 g/mol. The molecule has 166 valence electrons. The van der Waals surface area contributed by atoms with E-state index >= 15 is 0 Å². The van der Waals surface area contributed by atoms with Gasteiger partial charge in [-0.15, -0.1) is 0 Å². The Morgan fingerprint density at radius 2 is 1.77 bits per heavy atom. The molecule has 0 amide bonds. The summed E-state index contributed by atoms with van der Waals surface area (Å²) in [7, 11) is 1.38. The number of hydrogen-bond acceptors (Lipinski definition) is 8. The Morgan fingerprint density at radius 3 is 2.35 bits per heavy atom. The minimum absolute atomic E-state index is 0.0812. The van der Waals surface area contributed by atoms with Crippen molar-refractivity contribution in [1.82, 2.24) is 10.0 Å². The first-order valence-corrected chi connectivity index (χ1v) is 10.5. The quantitative estimate of drug-likeness (QED) is 0.110. The summed E-state index contributed by atoms with van der Waals surface area (Å²) in [6.07, 6.45) is -1.13. The van der Waals surface area contributed by atoms with Gasteiger partial charge >= 0.3 is 0 Å². The van der Waals surface area contributed by atoms with Gasteiger partial charge in [-0.3, -0.25) is 20.2 Å². The standard InChI is InChI=1S/C16H14Cl3N5O5S2/c1-29-9-6-7-10(12(8-9)24(27)28)20-15(30)21-14(16(17,18)19)22-31-13-5-3-2-4-11(13)23(25)26/h2-8,14,22H,1H3,(H2,20,21,30).